The molecule has 0 fully saturated rings. The van der Waals surface area contributed by atoms with Crippen LogP contribution in [-0.4, -0.2) is 48.8 Å². The van der Waals surface area contributed by atoms with Crippen LogP contribution in [0.3, 0.4) is 0 Å². The third-order valence-electron chi connectivity index (χ3n) is 3.26. The molecule has 1 heterocycles. The summed E-state index contributed by atoms with van der Waals surface area (Å²) in [4.78, 5) is 12.6. The standard InChI is InChI=1S/C15H21NO4.ClH/c1-16(9-5-4-8-15(17)18)10-12-11-19-13-6-2-3-7-14(13)20-12;/h2-3,6-7,12H,4-5,8-11H2,1H3,(H,17,18);1H. The van der Waals surface area contributed by atoms with Crippen LogP contribution in [0.2, 0.25) is 0 Å². The predicted molar refractivity (Wildman–Crippen MR) is 82.6 cm³/mol. The van der Waals surface area contributed by atoms with Crippen molar-refractivity contribution in [2.45, 2.75) is 25.4 Å². The number of hydrogen-bond acceptors (Lipinski definition) is 4. The average molecular weight is 316 g/mol. The molecule has 0 bridgehead atoms. The van der Waals surface area contributed by atoms with Gasteiger partial charge in [-0.25, -0.2) is 0 Å². The number of unbranched alkanes of at least 4 members (excludes halogenated alkanes) is 1. The molecule has 2 rings (SSSR count). The fourth-order valence-electron chi connectivity index (χ4n) is 2.25. The Morgan fingerprint density at radius 2 is 2.05 bits per heavy atom. The molecule has 1 unspecified atom stereocenters. The van der Waals surface area contributed by atoms with E-state index in [4.69, 9.17) is 14.6 Å². The summed E-state index contributed by atoms with van der Waals surface area (Å²) >= 11 is 0. The summed E-state index contributed by atoms with van der Waals surface area (Å²) in [6.07, 6.45) is 1.86. The zero-order valence-corrected chi connectivity index (χ0v) is 13.0. The van der Waals surface area contributed by atoms with Crippen LogP contribution >= 0.6 is 12.4 Å². The Labute approximate surface area is 131 Å². The zero-order chi connectivity index (χ0) is 14.4. The molecular weight excluding hydrogens is 294 g/mol. The van der Waals surface area contributed by atoms with E-state index < -0.39 is 5.97 Å². The maximum absolute atomic E-state index is 10.4. The predicted octanol–water partition coefficient (Wildman–Crippen LogP) is 2.43. The van der Waals surface area contributed by atoms with Crippen LogP contribution in [0.5, 0.6) is 11.5 Å². The number of hydrogen-bond donors (Lipinski definition) is 1. The molecule has 0 aliphatic carbocycles. The van der Waals surface area contributed by atoms with Crippen molar-refractivity contribution in [3.05, 3.63) is 24.3 Å². The summed E-state index contributed by atoms with van der Waals surface area (Å²) in [7, 11) is 2.02. The number of carboxylic acids is 1. The van der Waals surface area contributed by atoms with Crippen molar-refractivity contribution in [2.75, 3.05) is 26.7 Å². The highest BCUT2D eigenvalue weighted by Gasteiger charge is 2.21. The van der Waals surface area contributed by atoms with Gasteiger partial charge in [-0.1, -0.05) is 12.1 Å². The van der Waals surface area contributed by atoms with Crippen LogP contribution in [0.4, 0.5) is 0 Å². The molecule has 0 aromatic heterocycles. The molecule has 1 aliphatic heterocycles. The Morgan fingerprint density at radius 3 is 2.76 bits per heavy atom. The maximum Gasteiger partial charge on any atom is 0.303 e. The Morgan fingerprint density at radius 1 is 1.33 bits per heavy atom. The summed E-state index contributed by atoms with van der Waals surface area (Å²) in [5.41, 5.74) is 0. The fraction of sp³-hybridized carbons (Fsp3) is 0.533. The highest BCUT2D eigenvalue weighted by Crippen LogP contribution is 2.30. The fourth-order valence-corrected chi connectivity index (χ4v) is 2.25. The van der Waals surface area contributed by atoms with E-state index >= 15 is 0 Å². The molecule has 1 aromatic rings. The summed E-state index contributed by atoms with van der Waals surface area (Å²) in [5.74, 6) is 0.865. The first kappa shape index (κ1) is 17.6. The molecule has 0 spiro atoms. The lowest BCUT2D eigenvalue weighted by Crippen LogP contribution is -2.39. The van der Waals surface area contributed by atoms with Gasteiger partial charge in [0.1, 0.15) is 12.7 Å². The van der Waals surface area contributed by atoms with Crippen molar-refractivity contribution in [3.63, 3.8) is 0 Å². The van der Waals surface area contributed by atoms with E-state index in [1.165, 1.54) is 0 Å². The lowest BCUT2D eigenvalue weighted by Gasteiger charge is -2.29. The van der Waals surface area contributed by atoms with Crippen molar-refractivity contribution in [2.24, 2.45) is 0 Å². The highest BCUT2D eigenvalue weighted by atomic mass is 35.5. The maximum atomic E-state index is 10.4. The number of carboxylic acid groups (broad SMARTS) is 1. The van der Waals surface area contributed by atoms with Crippen LogP contribution in [0, 0.1) is 0 Å². The van der Waals surface area contributed by atoms with Crippen molar-refractivity contribution < 1.29 is 19.4 Å². The van der Waals surface area contributed by atoms with E-state index in [2.05, 4.69) is 4.90 Å². The first-order valence-corrected chi connectivity index (χ1v) is 6.94. The molecule has 0 radical (unpaired) electrons. The second kappa shape index (κ2) is 8.74. The number of halogens is 1. The van der Waals surface area contributed by atoms with Gasteiger partial charge in [-0.05, 0) is 38.6 Å². The van der Waals surface area contributed by atoms with Crippen LogP contribution in [0.15, 0.2) is 24.3 Å². The summed E-state index contributed by atoms with van der Waals surface area (Å²) in [6.45, 7) is 2.20. The number of ether oxygens (including phenoxy) is 2. The molecule has 1 aromatic carbocycles. The minimum absolute atomic E-state index is 0. The second-order valence-electron chi connectivity index (χ2n) is 5.11. The number of likely N-dealkylation sites (N-methyl/N-ethyl adjacent to an activating group) is 1. The van der Waals surface area contributed by atoms with Gasteiger partial charge in [-0.15, -0.1) is 12.4 Å². The van der Waals surface area contributed by atoms with Gasteiger partial charge in [0.25, 0.3) is 0 Å². The van der Waals surface area contributed by atoms with Crippen LogP contribution in [-0.2, 0) is 4.79 Å². The van der Waals surface area contributed by atoms with E-state index in [9.17, 15) is 4.79 Å². The molecule has 6 heteroatoms. The zero-order valence-electron chi connectivity index (χ0n) is 12.2. The molecule has 1 atom stereocenters. The van der Waals surface area contributed by atoms with Gasteiger partial charge in [0.2, 0.25) is 0 Å². The number of rotatable bonds is 7. The topological polar surface area (TPSA) is 59.0 Å². The van der Waals surface area contributed by atoms with E-state index in [-0.39, 0.29) is 24.9 Å². The van der Waals surface area contributed by atoms with Crippen LogP contribution < -0.4 is 9.47 Å². The molecule has 1 aliphatic rings. The van der Waals surface area contributed by atoms with Gasteiger partial charge >= 0.3 is 5.97 Å². The van der Waals surface area contributed by atoms with Gasteiger partial charge in [-0.2, -0.15) is 0 Å². The minimum Gasteiger partial charge on any atom is -0.486 e. The molecule has 0 saturated carbocycles. The van der Waals surface area contributed by atoms with E-state index in [0.29, 0.717) is 13.0 Å². The van der Waals surface area contributed by atoms with Crippen molar-refractivity contribution in [1.29, 1.82) is 0 Å². The Bertz CT molecular complexity index is 455. The second-order valence-corrected chi connectivity index (χ2v) is 5.11. The largest absolute Gasteiger partial charge is 0.486 e. The number of nitrogens with zero attached hydrogens (tertiary/aromatic N) is 1. The minimum atomic E-state index is -0.728. The third kappa shape index (κ3) is 5.81. The first-order chi connectivity index (χ1) is 9.65. The van der Waals surface area contributed by atoms with Crippen LogP contribution in [0.25, 0.3) is 0 Å². The van der Waals surface area contributed by atoms with Gasteiger partial charge < -0.3 is 19.5 Å². The van der Waals surface area contributed by atoms with E-state index in [1.54, 1.807) is 0 Å². The first-order valence-electron chi connectivity index (χ1n) is 6.94. The normalized spacial score (nSPS) is 16.4. The molecule has 0 amide bonds. The SMILES string of the molecule is CN(CCCCC(=O)O)CC1COc2ccccc2O1.Cl. The number of benzene rings is 1. The Hall–Kier alpha value is -1.46. The summed E-state index contributed by atoms with van der Waals surface area (Å²) < 4.78 is 11.6. The van der Waals surface area contributed by atoms with Gasteiger partial charge in [-0.3, -0.25) is 4.79 Å². The Kier molecular flexibility index (Phi) is 7.32. The third-order valence-corrected chi connectivity index (χ3v) is 3.26. The monoisotopic (exact) mass is 315 g/mol. The smallest absolute Gasteiger partial charge is 0.303 e. The number of aliphatic carboxylic acids is 1. The highest BCUT2D eigenvalue weighted by molar-refractivity contribution is 5.85. The van der Waals surface area contributed by atoms with E-state index in [1.807, 2.05) is 31.3 Å². The molecule has 5 nitrogen and oxygen atoms in total. The van der Waals surface area contributed by atoms with E-state index in [0.717, 1.165) is 31.0 Å². The van der Waals surface area contributed by atoms with Crippen LogP contribution in [0.1, 0.15) is 19.3 Å². The molecular formula is C15H22ClNO4. The lowest BCUT2D eigenvalue weighted by molar-refractivity contribution is -0.137. The lowest BCUT2D eigenvalue weighted by atomic mass is 10.2. The van der Waals surface area contributed by atoms with Crippen molar-refractivity contribution >= 4 is 18.4 Å². The molecule has 21 heavy (non-hydrogen) atoms. The molecule has 1 N–H and O–H groups in total. The van der Waals surface area contributed by atoms with Gasteiger partial charge in [0.05, 0.1) is 0 Å². The number of fused-ring (bicyclic) bond motifs is 1. The Balaban J connectivity index is 0.00000220. The molecule has 118 valence electrons. The van der Waals surface area contributed by atoms with Crippen molar-refractivity contribution in [3.8, 4) is 11.5 Å². The van der Waals surface area contributed by atoms with Crippen molar-refractivity contribution in [1.82, 2.24) is 4.90 Å². The number of carbonyl (C=O) groups is 1. The van der Waals surface area contributed by atoms with Gasteiger partial charge in [0.15, 0.2) is 11.5 Å². The molecule has 0 saturated heterocycles. The summed E-state index contributed by atoms with van der Waals surface area (Å²) in [6, 6.07) is 7.67. The summed E-state index contributed by atoms with van der Waals surface area (Å²) in [5, 5.41) is 8.58. The number of para-hydroxylation sites is 2. The van der Waals surface area contributed by atoms with Gasteiger partial charge in [0, 0.05) is 13.0 Å². The quantitative estimate of drug-likeness (QED) is 0.783. The average Bonchev–Trinajstić information content (AvgIpc) is 2.43.